The summed E-state index contributed by atoms with van der Waals surface area (Å²) in [6, 6.07) is 25.2. The van der Waals surface area contributed by atoms with E-state index in [2.05, 4.69) is 10.2 Å². The Bertz CT molecular complexity index is 1130. The summed E-state index contributed by atoms with van der Waals surface area (Å²) in [7, 11) is 0. The number of nitrogens with one attached hydrogen (secondary N) is 1. The van der Waals surface area contributed by atoms with Gasteiger partial charge in [0.2, 0.25) is 0 Å². The van der Waals surface area contributed by atoms with Crippen LogP contribution in [0, 0.1) is 0 Å². The number of rotatable bonds is 10. The number of carboxylic acids is 1. The lowest BCUT2D eigenvalue weighted by atomic mass is 9.99. The van der Waals surface area contributed by atoms with Gasteiger partial charge >= 0.3 is 12.1 Å². The van der Waals surface area contributed by atoms with Crippen molar-refractivity contribution in [2.24, 2.45) is 0 Å². The van der Waals surface area contributed by atoms with Gasteiger partial charge in [-0.15, -0.1) is 0 Å². The number of aryl methyl sites for hydroxylation is 1. The third-order valence-corrected chi connectivity index (χ3v) is 6.26. The van der Waals surface area contributed by atoms with Crippen molar-refractivity contribution < 1.29 is 24.2 Å². The standard InChI is InChI=1S/C29H32N2O5/c32-28(33)14-12-22-11-13-26(23-7-3-1-4-8-23)27(21-22)30-29(34)36-25-15-17-31(18-16-25)19-20-35-24-9-5-2-6-10-24/h1-11,13,21,25H,12,14-20H2,(H,30,34)(H,32,33). The number of aliphatic carboxylic acids is 1. The first-order valence-corrected chi connectivity index (χ1v) is 12.3. The van der Waals surface area contributed by atoms with Gasteiger partial charge in [-0.05, 0) is 48.6 Å². The fourth-order valence-electron chi connectivity index (χ4n) is 4.32. The van der Waals surface area contributed by atoms with E-state index in [1.54, 1.807) is 0 Å². The molecular formula is C29H32N2O5. The number of carboxylic acid groups (broad SMARTS) is 1. The normalized spacial score (nSPS) is 14.2. The average molecular weight is 489 g/mol. The van der Waals surface area contributed by atoms with Gasteiger partial charge in [0.05, 0.1) is 5.69 Å². The highest BCUT2D eigenvalue weighted by atomic mass is 16.6. The van der Waals surface area contributed by atoms with E-state index < -0.39 is 12.1 Å². The van der Waals surface area contributed by atoms with Crippen LogP contribution in [0.25, 0.3) is 11.1 Å². The quantitative estimate of drug-likeness (QED) is 0.394. The van der Waals surface area contributed by atoms with Crippen LogP contribution in [-0.2, 0) is 16.0 Å². The summed E-state index contributed by atoms with van der Waals surface area (Å²) in [5.74, 6) is 0.0170. The highest BCUT2D eigenvalue weighted by Crippen LogP contribution is 2.30. The van der Waals surface area contributed by atoms with E-state index in [0.717, 1.165) is 54.9 Å². The minimum atomic E-state index is -0.853. The van der Waals surface area contributed by atoms with Crippen LogP contribution in [-0.4, -0.2) is 54.4 Å². The zero-order valence-corrected chi connectivity index (χ0v) is 20.3. The Morgan fingerprint density at radius 3 is 2.33 bits per heavy atom. The molecule has 188 valence electrons. The summed E-state index contributed by atoms with van der Waals surface area (Å²) in [5.41, 5.74) is 3.28. The molecule has 3 aromatic rings. The number of para-hydroxylation sites is 1. The van der Waals surface area contributed by atoms with Crippen molar-refractivity contribution in [3.05, 3.63) is 84.4 Å². The molecule has 1 saturated heterocycles. The number of hydrogen-bond donors (Lipinski definition) is 2. The number of carbonyl (C=O) groups is 2. The Morgan fingerprint density at radius 2 is 1.64 bits per heavy atom. The molecule has 0 bridgehead atoms. The maximum atomic E-state index is 12.8. The monoisotopic (exact) mass is 488 g/mol. The van der Waals surface area contributed by atoms with Crippen LogP contribution in [0.3, 0.4) is 0 Å². The van der Waals surface area contributed by atoms with E-state index in [1.165, 1.54) is 0 Å². The zero-order chi connectivity index (χ0) is 25.2. The number of amides is 1. The van der Waals surface area contributed by atoms with Gasteiger partial charge in [-0.25, -0.2) is 4.79 Å². The van der Waals surface area contributed by atoms with Crippen molar-refractivity contribution in [3.8, 4) is 16.9 Å². The Morgan fingerprint density at radius 1 is 0.944 bits per heavy atom. The second-order valence-corrected chi connectivity index (χ2v) is 8.87. The van der Waals surface area contributed by atoms with E-state index in [9.17, 15) is 9.59 Å². The maximum Gasteiger partial charge on any atom is 0.411 e. The molecule has 36 heavy (non-hydrogen) atoms. The maximum absolute atomic E-state index is 12.8. The molecule has 0 atom stereocenters. The Kier molecular flexibility index (Phi) is 8.94. The van der Waals surface area contributed by atoms with Crippen molar-refractivity contribution in [1.82, 2.24) is 4.90 Å². The summed E-state index contributed by atoms with van der Waals surface area (Å²) >= 11 is 0. The van der Waals surface area contributed by atoms with Gasteiger partial charge in [0.25, 0.3) is 0 Å². The Labute approximate surface area is 211 Å². The first-order valence-electron chi connectivity index (χ1n) is 12.3. The lowest BCUT2D eigenvalue weighted by Gasteiger charge is -2.31. The SMILES string of the molecule is O=C(O)CCc1ccc(-c2ccccc2)c(NC(=O)OC2CCN(CCOc3ccccc3)CC2)c1. The zero-order valence-electron chi connectivity index (χ0n) is 20.3. The molecule has 7 heteroatoms. The van der Waals surface area contributed by atoms with Crippen molar-refractivity contribution in [1.29, 1.82) is 0 Å². The van der Waals surface area contributed by atoms with E-state index in [4.69, 9.17) is 14.6 Å². The van der Waals surface area contributed by atoms with Gasteiger partial charge in [0.1, 0.15) is 18.5 Å². The molecule has 0 aliphatic carbocycles. The average Bonchev–Trinajstić information content (AvgIpc) is 2.90. The fraction of sp³-hybridized carbons (Fsp3) is 0.310. The molecule has 0 aromatic heterocycles. The van der Waals surface area contributed by atoms with Crippen LogP contribution in [0.5, 0.6) is 5.75 Å². The van der Waals surface area contributed by atoms with Crippen molar-refractivity contribution in [3.63, 3.8) is 0 Å². The number of likely N-dealkylation sites (tertiary alicyclic amines) is 1. The third-order valence-electron chi connectivity index (χ3n) is 6.26. The molecule has 1 aliphatic rings. The molecule has 0 unspecified atom stereocenters. The molecule has 1 fully saturated rings. The summed E-state index contributed by atoms with van der Waals surface area (Å²) in [5, 5.41) is 11.9. The van der Waals surface area contributed by atoms with E-state index in [0.29, 0.717) is 18.7 Å². The minimum Gasteiger partial charge on any atom is -0.492 e. The first kappa shape index (κ1) is 25.3. The van der Waals surface area contributed by atoms with Crippen LogP contribution in [0.15, 0.2) is 78.9 Å². The first-order chi connectivity index (χ1) is 17.6. The van der Waals surface area contributed by atoms with Gasteiger partial charge in [-0.1, -0.05) is 60.7 Å². The smallest absolute Gasteiger partial charge is 0.411 e. The molecule has 0 saturated carbocycles. The minimum absolute atomic E-state index is 0.0313. The predicted octanol–water partition coefficient (Wildman–Crippen LogP) is 5.46. The number of carbonyl (C=O) groups excluding carboxylic acids is 1. The summed E-state index contributed by atoms with van der Waals surface area (Å²) < 4.78 is 11.5. The van der Waals surface area contributed by atoms with Crippen LogP contribution < -0.4 is 10.1 Å². The number of piperidine rings is 1. The molecular weight excluding hydrogens is 456 g/mol. The molecule has 4 rings (SSSR count). The van der Waals surface area contributed by atoms with Gasteiger partial charge in [-0.2, -0.15) is 0 Å². The predicted molar refractivity (Wildman–Crippen MR) is 139 cm³/mol. The number of benzene rings is 3. The Hall–Kier alpha value is -3.84. The van der Waals surface area contributed by atoms with Gasteiger partial charge in [0, 0.05) is 31.6 Å². The second-order valence-electron chi connectivity index (χ2n) is 8.87. The molecule has 3 aromatic carbocycles. The molecule has 7 nitrogen and oxygen atoms in total. The number of hydrogen-bond acceptors (Lipinski definition) is 5. The van der Waals surface area contributed by atoms with E-state index in [1.807, 2.05) is 78.9 Å². The molecule has 1 amide bonds. The summed E-state index contributed by atoms with van der Waals surface area (Å²) in [6.07, 6.45) is 1.32. The lowest BCUT2D eigenvalue weighted by molar-refractivity contribution is -0.136. The molecule has 2 N–H and O–H groups in total. The highest BCUT2D eigenvalue weighted by molar-refractivity contribution is 5.91. The molecule has 1 heterocycles. The van der Waals surface area contributed by atoms with Crippen molar-refractivity contribution in [2.45, 2.75) is 31.8 Å². The topological polar surface area (TPSA) is 88.1 Å². The number of ether oxygens (including phenoxy) is 2. The van der Waals surface area contributed by atoms with Gasteiger partial charge < -0.3 is 14.6 Å². The van der Waals surface area contributed by atoms with Crippen molar-refractivity contribution in [2.75, 3.05) is 31.6 Å². The largest absolute Gasteiger partial charge is 0.492 e. The molecule has 0 radical (unpaired) electrons. The van der Waals surface area contributed by atoms with Gasteiger partial charge in [-0.3, -0.25) is 15.0 Å². The van der Waals surface area contributed by atoms with Crippen LogP contribution in [0.2, 0.25) is 0 Å². The van der Waals surface area contributed by atoms with Crippen molar-refractivity contribution >= 4 is 17.7 Å². The van der Waals surface area contributed by atoms with E-state index in [-0.39, 0.29) is 12.5 Å². The van der Waals surface area contributed by atoms with Crippen LogP contribution in [0.4, 0.5) is 10.5 Å². The Balaban J connectivity index is 1.30. The summed E-state index contributed by atoms with van der Waals surface area (Å²) in [4.78, 5) is 26.1. The lowest BCUT2D eigenvalue weighted by Crippen LogP contribution is -2.40. The van der Waals surface area contributed by atoms with Gasteiger partial charge in [0.15, 0.2) is 0 Å². The van der Waals surface area contributed by atoms with E-state index >= 15 is 0 Å². The molecule has 0 spiro atoms. The third kappa shape index (κ3) is 7.58. The number of anilines is 1. The highest BCUT2D eigenvalue weighted by Gasteiger charge is 2.23. The van der Waals surface area contributed by atoms with Crippen LogP contribution >= 0.6 is 0 Å². The number of nitrogens with zero attached hydrogens (tertiary/aromatic N) is 1. The fourth-order valence-corrected chi connectivity index (χ4v) is 4.32. The summed E-state index contributed by atoms with van der Waals surface area (Å²) in [6.45, 7) is 3.14. The molecule has 1 aliphatic heterocycles. The van der Waals surface area contributed by atoms with Crippen LogP contribution in [0.1, 0.15) is 24.8 Å². The second kappa shape index (κ2) is 12.7.